The van der Waals surface area contributed by atoms with Crippen molar-refractivity contribution in [1.82, 2.24) is 9.97 Å². The van der Waals surface area contributed by atoms with Crippen molar-refractivity contribution < 1.29 is 4.79 Å². The molecule has 0 saturated carbocycles. The van der Waals surface area contributed by atoms with Crippen LogP contribution in [-0.2, 0) is 11.2 Å². The molecule has 0 radical (unpaired) electrons. The number of rotatable bonds is 3. The predicted molar refractivity (Wildman–Crippen MR) is 83.4 cm³/mol. The van der Waals surface area contributed by atoms with Gasteiger partial charge in [0.1, 0.15) is 12.1 Å². The van der Waals surface area contributed by atoms with Gasteiger partial charge >= 0.3 is 0 Å². The Balaban J connectivity index is 1.70. The maximum absolute atomic E-state index is 12.3. The van der Waals surface area contributed by atoms with Crippen LogP contribution in [0, 0.1) is 22.7 Å². The molecule has 1 amide bonds. The van der Waals surface area contributed by atoms with Gasteiger partial charge in [-0.3, -0.25) is 10.1 Å². The predicted octanol–water partition coefficient (Wildman–Crippen LogP) is 2.60. The van der Waals surface area contributed by atoms with E-state index in [1.807, 2.05) is 24.3 Å². The van der Waals surface area contributed by atoms with Gasteiger partial charge in [-0.2, -0.15) is 10.5 Å². The van der Waals surface area contributed by atoms with Gasteiger partial charge in [0.15, 0.2) is 11.4 Å². The van der Waals surface area contributed by atoms with Crippen LogP contribution < -0.4 is 5.32 Å². The molecule has 0 fully saturated rings. The van der Waals surface area contributed by atoms with Gasteiger partial charge in [-0.05, 0) is 36.3 Å². The van der Waals surface area contributed by atoms with Gasteiger partial charge in [0.05, 0.1) is 0 Å². The lowest BCUT2D eigenvalue weighted by Crippen LogP contribution is -2.19. The molecule has 2 N–H and O–H groups in total. The van der Waals surface area contributed by atoms with Crippen LogP contribution >= 0.6 is 0 Å². The lowest BCUT2D eigenvalue weighted by Gasteiger charge is -2.24. The zero-order valence-electron chi connectivity index (χ0n) is 12.5. The lowest BCUT2D eigenvalue weighted by atomic mass is 9.81. The monoisotopic (exact) mass is 305 g/mol. The highest BCUT2D eigenvalue weighted by Crippen LogP contribution is 2.33. The first-order valence-electron chi connectivity index (χ1n) is 7.49. The number of carbonyl (C=O) groups excluding carboxylic acids is 1. The molecule has 23 heavy (non-hydrogen) atoms. The highest BCUT2D eigenvalue weighted by molar-refractivity contribution is 5.89. The molecule has 0 aliphatic heterocycles. The standard InChI is InChI=1S/C17H15N5O/c18-9-14-15(10-19)21-17(20-14)22-16(23)8-12-6-3-5-11-4-1-2-7-13(11)12/h1-2,4,7,12H,3,5-6,8H2,(H2,20,21,22,23)/t12-/m0/s1. The number of hydrogen-bond acceptors (Lipinski definition) is 4. The average molecular weight is 305 g/mol. The third kappa shape index (κ3) is 3.07. The molecule has 2 aromatic rings. The second-order valence-corrected chi connectivity index (χ2v) is 5.57. The normalized spacial score (nSPS) is 16.0. The summed E-state index contributed by atoms with van der Waals surface area (Å²) >= 11 is 0. The molecular formula is C17H15N5O. The summed E-state index contributed by atoms with van der Waals surface area (Å²) in [5, 5.41) is 20.4. The minimum Gasteiger partial charge on any atom is -0.314 e. The Labute approximate surface area is 133 Å². The fraction of sp³-hybridized carbons (Fsp3) is 0.294. The van der Waals surface area contributed by atoms with Crippen LogP contribution in [0.5, 0.6) is 0 Å². The number of anilines is 1. The topological polar surface area (TPSA) is 105 Å². The van der Waals surface area contributed by atoms with E-state index < -0.39 is 0 Å². The second kappa shape index (κ2) is 6.33. The summed E-state index contributed by atoms with van der Waals surface area (Å²) in [5.74, 6) is 0.169. The number of fused-ring (bicyclic) bond motifs is 1. The zero-order valence-corrected chi connectivity index (χ0v) is 12.5. The Morgan fingerprint density at radius 3 is 2.91 bits per heavy atom. The number of benzene rings is 1. The van der Waals surface area contributed by atoms with Crippen molar-refractivity contribution in [2.45, 2.75) is 31.6 Å². The van der Waals surface area contributed by atoms with Crippen molar-refractivity contribution in [3.8, 4) is 12.1 Å². The van der Waals surface area contributed by atoms with Gasteiger partial charge in [0, 0.05) is 6.42 Å². The number of aromatic amines is 1. The van der Waals surface area contributed by atoms with E-state index in [9.17, 15) is 4.79 Å². The molecule has 6 nitrogen and oxygen atoms in total. The molecule has 1 aromatic heterocycles. The van der Waals surface area contributed by atoms with Crippen LogP contribution in [0.4, 0.5) is 5.95 Å². The van der Waals surface area contributed by atoms with Gasteiger partial charge in [-0.1, -0.05) is 24.3 Å². The molecule has 1 atom stereocenters. The van der Waals surface area contributed by atoms with E-state index in [1.54, 1.807) is 0 Å². The Morgan fingerprint density at radius 2 is 2.17 bits per heavy atom. The summed E-state index contributed by atoms with van der Waals surface area (Å²) < 4.78 is 0. The molecular weight excluding hydrogens is 290 g/mol. The number of amides is 1. The molecule has 0 unspecified atom stereocenters. The number of hydrogen-bond donors (Lipinski definition) is 2. The molecule has 114 valence electrons. The maximum Gasteiger partial charge on any atom is 0.227 e. The highest BCUT2D eigenvalue weighted by atomic mass is 16.1. The smallest absolute Gasteiger partial charge is 0.227 e. The van der Waals surface area contributed by atoms with Gasteiger partial charge in [0.2, 0.25) is 11.9 Å². The molecule has 1 heterocycles. The quantitative estimate of drug-likeness (QED) is 0.909. The number of H-pyrrole nitrogens is 1. The first-order chi connectivity index (χ1) is 11.2. The molecule has 0 bridgehead atoms. The Bertz CT molecular complexity index is 793. The highest BCUT2D eigenvalue weighted by Gasteiger charge is 2.23. The summed E-state index contributed by atoms with van der Waals surface area (Å²) in [5.41, 5.74) is 2.61. The number of imidazole rings is 1. The first-order valence-corrected chi connectivity index (χ1v) is 7.49. The van der Waals surface area contributed by atoms with Crippen LogP contribution in [-0.4, -0.2) is 15.9 Å². The van der Waals surface area contributed by atoms with E-state index in [2.05, 4.69) is 27.4 Å². The van der Waals surface area contributed by atoms with Crippen molar-refractivity contribution in [2.24, 2.45) is 0 Å². The summed E-state index contributed by atoms with van der Waals surface area (Å²) in [6, 6.07) is 11.9. The third-order valence-corrected chi connectivity index (χ3v) is 4.10. The van der Waals surface area contributed by atoms with E-state index >= 15 is 0 Å². The molecule has 1 aliphatic carbocycles. The van der Waals surface area contributed by atoms with Crippen LogP contribution in [0.3, 0.4) is 0 Å². The lowest BCUT2D eigenvalue weighted by molar-refractivity contribution is -0.116. The molecule has 3 rings (SSSR count). The summed E-state index contributed by atoms with van der Waals surface area (Å²) in [4.78, 5) is 18.8. The minimum absolute atomic E-state index is 0.00851. The number of carbonyl (C=O) groups is 1. The van der Waals surface area contributed by atoms with Gasteiger partial charge in [-0.15, -0.1) is 0 Å². The summed E-state index contributed by atoms with van der Waals surface area (Å²) in [6.07, 6.45) is 3.48. The third-order valence-electron chi connectivity index (χ3n) is 4.10. The Kier molecular flexibility index (Phi) is 4.07. The van der Waals surface area contributed by atoms with Crippen LogP contribution in [0.15, 0.2) is 24.3 Å². The van der Waals surface area contributed by atoms with E-state index in [0.29, 0.717) is 6.42 Å². The van der Waals surface area contributed by atoms with E-state index in [-0.39, 0.29) is 29.2 Å². The van der Waals surface area contributed by atoms with Crippen molar-refractivity contribution in [1.29, 1.82) is 10.5 Å². The van der Waals surface area contributed by atoms with E-state index in [1.165, 1.54) is 11.1 Å². The van der Waals surface area contributed by atoms with Crippen molar-refractivity contribution in [3.05, 3.63) is 46.8 Å². The van der Waals surface area contributed by atoms with Crippen molar-refractivity contribution >= 4 is 11.9 Å². The molecule has 0 saturated heterocycles. The van der Waals surface area contributed by atoms with Gasteiger partial charge in [-0.25, -0.2) is 4.98 Å². The Hall–Kier alpha value is -3.12. The maximum atomic E-state index is 12.3. The molecule has 6 heteroatoms. The molecule has 0 spiro atoms. The van der Waals surface area contributed by atoms with Gasteiger partial charge in [0.25, 0.3) is 0 Å². The fourth-order valence-corrected chi connectivity index (χ4v) is 3.07. The second-order valence-electron chi connectivity index (χ2n) is 5.57. The number of aromatic nitrogens is 2. The first kappa shape index (κ1) is 14.8. The van der Waals surface area contributed by atoms with Crippen molar-refractivity contribution in [2.75, 3.05) is 5.32 Å². The SMILES string of the molecule is N#Cc1nc(NC(=O)C[C@@H]2CCCc3ccccc32)[nH]c1C#N. The largest absolute Gasteiger partial charge is 0.314 e. The van der Waals surface area contributed by atoms with Crippen LogP contribution in [0.25, 0.3) is 0 Å². The molecule has 1 aliphatic rings. The minimum atomic E-state index is -0.172. The van der Waals surface area contributed by atoms with Crippen LogP contribution in [0.2, 0.25) is 0 Å². The summed E-state index contributed by atoms with van der Waals surface area (Å²) in [6.45, 7) is 0. The fourth-order valence-electron chi connectivity index (χ4n) is 3.07. The van der Waals surface area contributed by atoms with E-state index in [4.69, 9.17) is 10.5 Å². The zero-order chi connectivity index (χ0) is 16.2. The summed E-state index contributed by atoms with van der Waals surface area (Å²) in [7, 11) is 0. The van der Waals surface area contributed by atoms with Crippen molar-refractivity contribution in [3.63, 3.8) is 0 Å². The number of nitrogens with zero attached hydrogens (tertiary/aromatic N) is 3. The number of nitriles is 2. The number of nitrogens with one attached hydrogen (secondary N) is 2. The number of aryl methyl sites for hydroxylation is 1. The van der Waals surface area contributed by atoms with Crippen LogP contribution in [0.1, 0.15) is 47.7 Å². The molecule has 1 aromatic carbocycles. The average Bonchev–Trinajstić information content (AvgIpc) is 2.97. The Morgan fingerprint density at radius 1 is 1.35 bits per heavy atom. The van der Waals surface area contributed by atoms with Gasteiger partial charge < -0.3 is 4.98 Å². The van der Waals surface area contributed by atoms with E-state index in [0.717, 1.165) is 19.3 Å².